The van der Waals surface area contributed by atoms with Gasteiger partial charge in [-0.2, -0.15) is 16.4 Å². The zero-order valence-electron chi connectivity index (χ0n) is 18.3. The average molecular weight is 467 g/mol. The van der Waals surface area contributed by atoms with Crippen LogP contribution in [-0.4, -0.2) is 68.5 Å². The Hall–Kier alpha value is -3.20. The number of likely N-dealkylation sites (tertiary alicyclic amines) is 2. The number of piperidine rings is 2. The molecule has 3 aromatic rings. The van der Waals surface area contributed by atoms with Gasteiger partial charge in [-0.3, -0.25) is 9.59 Å². The molecule has 0 saturated carbocycles. The summed E-state index contributed by atoms with van der Waals surface area (Å²) in [6.07, 6.45) is 8.42. The van der Waals surface area contributed by atoms with Crippen molar-refractivity contribution in [2.45, 2.75) is 38.0 Å². The number of carbonyl (C=O) groups is 3. The molecule has 33 heavy (non-hydrogen) atoms. The predicted octanol–water partition coefficient (Wildman–Crippen LogP) is 3.74. The van der Waals surface area contributed by atoms with Gasteiger partial charge in [-0.05, 0) is 55.7 Å². The molecule has 0 radical (unpaired) electrons. The maximum atomic E-state index is 13.1. The van der Waals surface area contributed by atoms with Crippen LogP contribution in [0, 0.1) is 0 Å². The minimum atomic E-state index is -1.07. The van der Waals surface area contributed by atoms with E-state index in [4.69, 9.17) is 0 Å². The van der Waals surface area contributed by atoms with Gasteiger partial charge in [0.1, 0.15) is 0 Å². The molecule has 2 saturated heterocycles. The second kappa shape index (κ2) is 8.97. The van der Waals surface area contributed by atoms with Crippen molar-refractivity contribution in [1.82, 2.24) is 19.4 Å². The minimum Gasteiger partial charge on any atom is -0.478 e. The first kappa shape index (κ1) is 21.6. The van der Waals surface area contributed by atoms with Crippen LogP contribution in [0.5, 0.6) is 0 Å². The maximum absolute atomic E-state index is 13.1. The van der Waals surface area contributed by atoms with E-state index in [-0.39, 0.29) is 28.9 Å². The van der Waals surface area contributed by atoms with Crippen molar-refractivity contribution in [3.63, 3.8) is 0 Å². The number of nitrogens with zero attached hydrogens (tertiary/aromatic N) is 4. The second-order valence-corrected chi connectivity index (χ2v) is 9.52. The zero-order valence-corrected chi connectivity index (χ0v) is 19.1. The number of hydrogen-bond donors (Lipinski definition) is 1. The van der Waals surface area contributed by atoms with Gasteiger partial charge in [-0.1, -0.05) is 0 Å². The summed E-state index contributed by atoms with van der Waals surface area (Å²) in [6.45, 7) is 2.75. The van der Waals surface area contributed by atoms with Gasteiger partial charge < -0.3 is 14.9 Å². The number of carbonyl (C=O) groups excluding carboxylic acids is 2. The topological polar surface area (TPSA) is 95.2 Å². The Bertz CT molecular complexity index is 1200. The number of thiophene rings is 1. The van der Waals surface area contributed by atoms with Gasteiger partial charge in [0.15, 0.2) is 0 Å². The summed E-state index contributed by atoms with van der Waals surface area (Å²) in [4.78, 5) is 40.9. The van der Waals surface area contributed by atoms with Crippen LogP contribution in [0.25, 0.3) is 5.52 Å². The predicted molar refractivity (Wildman–Crippen MR) is 124 cm³/mol. The smallest absolute Gasteiger partial charge is 0.337 e. The van der Waals surface area contributed by atoms with Crippen LogP contribution in [0.15, 0.2) is 35.3 Å². The molecule has 0 aliphatic carbocycles. The molecule has 0 bridgehead atoms. The molecule has 2 aliphatic rings. The molecule has 2 amide bonds. The van der Waals surface area contributed by atoms with E-state index in [1.807, 2.05) is 17.2 Å². The molecule has 0 atom stereocenters. The van der Waals surface area contributed by atoms with E-state index in [1.165, 1.54) is 23.1 Å². The Labute approximate surface area is 195 Å². The number of aromatic carboxylic acids is 1. The van der Waals surface area contributed by atoms with E-state index in [0.29, 0.717) is 18.7 Å². The number of fused-ring (bicyclic) bond motifs is 1. The van der Waals surface area contributed by atoms with Gasteiger partial charge in [-0.25, -0.2) is 9.31 Å². The number of pyridine rings is 1. The number of carboxylic acids is 1. The Morgan fingerprint density at radius 2 is 1.58 bits per heavy atom. The summed E-state index contributed by atoms with van der Waals surface area (Å²) < 4.78 is 1.75. The van der Waals surface area contributed by atoms with Crippen molar-refractivity contribution in [3.8, 4) is 0 Å². The maximum Gasteiger partial charge on any atom is 0.337 e. The van der Waals surface area contributed by atoms with Crippen molar-refractivity contribution in [3.05, 3.63) is 57.5 Å². The molecule has 9 heteroatoms. The summed E-state index contributed by atoms with van der Waals surface area (Å²) >= 11 is 1.23. The average Bonchev–Trinajstić information content (AvgIpc) is 3.51. The van der Waals surface area contributed by atoms with Crippen LogP contribution in [0.2, 0.25) is 0 Å². The lowest BCUT2D eigenvalue weighted by molar-refractivity contribution is 0.0663. The molecule has 2 aliphatic heterocycles. The molecule has 5 rings (SSSR count). The van der Waals surface area contributed by atoms with Gasteiger partial charge in [0.05, 0.1) is 28.4 Å². The Morgan fingerprint density at radius 1 is 0.909 bits per heavy atom. The van der Waals surface area contributed by atoms with E-state index in [2.05, 4.69) is 11.2 Å². The van der Waals surface area contributed by atoms with Gasteiger partial charge in [0, 0.05) is 43.1 Å². The van der Waals surface area contributed by atoms with Crippen molar-refractivity contribution in [2.24, 2.45) is 0 Å². The van der Waals surface area contributed by atoms with Crippen molar-refractivity contribution < 1.29 is 19.5 Å². The fourth-order valence-electron chi connectivity index (χ4n) is 4.90. The number of aromatic nitrogens is 2. The van der Waals surface area contributed by atoms with Crippen LogP contribution in [0.3, 0.4) is 0 Å². The SMILES string of the molecule is O=C(O)c1cscc1C(=O)N1CCC(c2ccn3ncc(C(=O)N4CCCCC4)c3c2)CC1. The molecule has 5 heterocycles. The second-order valence-electron chi connectivity index (χ2n) is 8.77. The highest BCUT2D eigenvalue weighted by Crippen LogP contribution is 2.31. The lowest BCUT2D eigenvalue weighted by Gasteiger charge is -2.32. The molecule has 8 nitrogen and oxygen atoms in total. The van der Waals surface area contributed by atoms with Crippen molar-refractivity contribution in [1.29, 1.82) is 0 Å². The quantitative estimate of drug-likeness (QED) is 0.632. The third kappa shape index (κ3) is 4.13. The van der Waals surface area contributed by atoms with Gasteiger partial charge in [0.25, 0.3) is 11.8 Å². The van der Waals surface area contributed by atoms with Gasteiger partial charge in [0.2, 0.25) is 0 Å². The number of carboxylic acid groups (broad SMARTS) is 1. The van der Waals surface area contributed by atoms with E-state index in [0.717, 1.165) is 49.9 Å². The largest absolute Gasteiger partial charge is 0.478 e. The first-order valence-electron chi connectivity index (χ1n) is 11.4. The summed E-state index contributed by atoms with van der Waals surface area (Å²) in [6, 6.07) is 4.10. The van der Waals surface area contributed by atoms with E-state index in [1.54, 1.807) is 21.0 Å². The Kier molecular flexibility index (Phi) is 5.88. The third-order valence-corrected chi connectivity index (χ3v) is 7.54. The van der Waals surface area contributed by atoms with Crippen LogP contribution < -0.4 is 0 Å². The van der Waals surface area contributed by atoms with Crippen LogP contribution in [0.4, 0.5) is 0 Å². The molecule has 172 valence electrons. The van der Waals surface area contributed by atoms with Crippen molar-refractivity contribution >= 4 is 34.6 Å². The van der Waals surface area contributed by atoms with Gasteiger partial charge in [-0.15, -0.1) is 0 Å². The fourth-order valence-corrected chi connectivity index (χ4v) is 5.69. The monoisotopic (exact) mass is 466 g/mol. The molecular weight excluding hydrogens is 440 g/mol. The highest BCUT2D eigenvalue weighted by molar-refractivity contribution is 7.08. The third-order valence-electron chi connectivity index (χ3n) is 6.80. The van der Waals surface area contributed by atoms with Crippen LogP contribution in [-0.2, 0) is 0 Å². The summed E-state index contributed by atoms with van der Waals surface area (Å²) in [5.41, 5.74) is 2.96. The molecule has 3 aromatic heterocycles. The van der Waals surface area contributed by atoms with Crippen LogP contribution in [0.1, 0.15) is 74.7 Å². The van der Waals surface area contributed by atoms with E-state index >= 15 is 0 Å². The summed E-state index contributed by atoms with van der Waals surface area (Å²) in [5, 5.41) is 16.8. The number of hydrogen-bond acceptors (Lipinski definition) is 5. The first-order valence-corrected chi connectivity index (χ1v) is 12.3. The fraction of sp³-hybridized carbons (Fsp3) is 0.417. The highest BCUT2D eigenvalue weighted by Gasteiger charge is 2.28. The lowest BCUT2D eigenvalue weighted by atomic mass is 9.89. The number of amides is 2. The molecule has 0 unspecified atom stereocenters. The van der Waals surface area contributed by atoms with Crippen LogP contribution >= 0.6 is 11.3 Å². The van der Waals surface area contributed by atoms with Crippen molar-refractivity contribution in [2.75, 3.05) is 26.2 Å². The molecular formula is C24H26N4O4S. The zero-order chi connectivity index (χ0) is 22.9. The van der Waals surface area contributed by atoms with E-state index < -0.39 is 5.97 Å². The molecule has 1 N–H and O–H groups in total. The highest BCUT2D eigenvalue weighted by atomic mass is 32.1. The standard InChI is InChI=1S/C24H26N4O4S/c29-22(26-7-2-1-3-8-26)18-13-25-28-11-6-17(12-21(18)28)16-4-9-27(10-5-16)23(30)19-14-33-15-20(19)24(31)32/h6,11-16H,1-5,7-10H2,(H,31,32). The lowest BCUT2D eigenvalue weighted by Crippen LogP contribution is -2.38. The Morgan fingerprint density at radius 3 is 2.30 bits per heavy atom. The van der Waals surface area contributed by atoms with Gasteiger partial charge >= 0.3 is 5.97 Å². The minimum absolute atomic E-state index is 0.0484. The summed E-state index contributed by atoms with van der Waals surface area (Å²) in [5.74, 6) is -0.966. The molecule has 2 fully saturated rings. The molecule has 0 aromatic carbocycles. The van der Waals surface area contributed by atoms with E-state index in [9.17, 15) is 19.5 Å². The normalized spacial score (nSPS) is 17.5. The summed E-state index contributed by atoms with van der Waals surface area (Å²) in [7, 11) is 0. The number of rotatable bonds is 4. The molecule has 0 spiro atoms. The first-order chi connectivity index (χ1) is 16.0. The Balaban J connectivity index is 1.30.